The lowest BCUT2D eigenvalue weighted by molar-refractivity contribution is -0.136. The minimum atomic E-state index is -1.30. The van der Waals surface area contributed by atoms with E-state index in [1.54, 1.807) is 31.2 Å². The molecule has 3 N–H and O–H groups in total. The van der Waals surface area contributed by atoms with Crippen LogP contribution >= 0.6 is 24.2 Å². The Kier molecular flexibility index (Phi) is 11.5. The Morgan fingerprint density at radius 2 is 1.81 bits per heavy atom. The van der Waals surface area contributed by atoms with Gasteiger partial charge in [-0.3, -0.25) is 9.59 Å². The Morgan fingerprint density at radius 3 is 2.49 bits per heavy atom. The number of rotatable bonds is 9. The average molecular weight is 562 g/mol. The molecule has 2 amide bonds. The molecule has 2 atom stereocenters. The van der Waals surface area contributed by atoms with Crippen LogP contribution in [-0.4, -0.2) is 53.2 Å². The number of ether oxygens (including phenoxy) is 2. The van der Waals surface area contributed by atoms with Gasteiger partial charge in [-0.05, 0) is 42.7 Å². The van der Waals surface area contributed by atoms with Gasteiger partial charge in [0.1, 0.15) is 11.6 Å². The van der Waals surface area contributed by atoms with Crippen molar-refractivity contribution >= 4 is 42.1 Å². The third kappa shape index (κ3) is 8.54. The van der Waals surface area contributed by atoms with Crippen molar-refractivity contribution in [1.29, 1.82) is 0 Å². The number of amides is 2. The number of nitrogens with zero attached hydrogens (tertiary/aromatic N) is 1. The molecule has 1 unspecified atom stereocenters. The van der Waals surface area contributed by atoms with Gasteiger partial charge >= 0.3 is 6.16 Å². The minimum absolute atomic E-state index is 0. The van der Waals surface area contributed by atoms with Gasteiger partial charge in [0.15, 0.2) is 17.0 Å². The van der Waals surface area contributed by atoms with Crippen LogP contribution in [0.5, 0.6) is 5.75 Å². The summed E-state index contributed by atoms with van der Waals surface area (Å²) in [4.78, 5) is 38.3. The number of hydrogen-bond donors (Lipinski definition) is 2. The first-order chi connectivity index (χ1) is 17.2. The first kappa shape index (κ1) is 30.3. The van der Waals surface area contributed by atoms with Crippen molar-refractivity contribution in [2.45, 2.75) is 37.7 Å². The van der Waals surface area contributed by atoms with E-state index in [9.17, 15) is 27.6 Å². The number of halogens is 4. The normalized spacial score (nSPS) is 15.5. The molecule has 0 saturated carbocycles. The lowest BCUT2D eigenvalue weighted by atomic mass is 10.0. The van der Waals surface area contributed by atoms with Crippen LogP contribution in [0.2, 0.25) is 0 Å². The SMILES string of the molecule is CCOC(=O)Oc1ccc(CNC(=O)C2SCCN2C(=O)C[C@H](N)Cc2cc(F)c(F)cc2F)cc1.Cl. The molecule has 0 radical (unpaired) electrons. The van der Waals surface area contributed by atoms with Crippen LogP contribution in [0.15, 0.2) is 36.4 Å². The molecule has 1 aliphatic rings. The summed E-state index contributed by atoms with van der Waals surface area (Å²) in [6, 6.07) is 6.81. The van der Waals surface area contributed by atoms with Crippen molar-refractivity contribution in [1.82, 2.24) is 10.2 Å². The maximum Gasteiger partial charge on any atom is 0.513 e. The number of nitrogens with one attached hydrogen (secondary N) is 1. The summed E-state index contributed by atoms with van der Waals surface area (Å²) >= 11 is 1.30. The van der Waals surface area contributed by atoms with Gasteiger partial charge in [0.05, 0.1) is 6.61 Å². The topological polar surface area (TPSA) is 111 Å². The van der Waals surface area contributed by atoms with Crippen molar-refractivity contribution in [3.63, 3.8) is 0 Å². The zero-order valence-corrected chi connectivity index (χ0v) is 21.5. The number of carbonyl (C=O) groups excluding carboxylic acids is 3. The van der Waals surface area contributed by atoms with Gasteiger partial charge in [-0.2, -0.15) is 0 Å². The molecular formula is C24H27ClF3N3O5S. The lowest BCUT2D eigenvalue weighted by Gasteiger charge is -2.24. The molecule has 0 aromatic heterocycles. The highest BCUT2D eigenvalue weighted by atomic mass is 35.5. The summed E-state index contributed by atoms with van der Waals surface area (Å²) in [5, 5.41) is 2.02. The molecule has 1 fully saturated rings. The van der Waals surface area contributed by atoms with Crippen molar-refractivity contribution < 1.29 is 37.0 Å². The van der Waals surface area contributed by atoms with E-state index in [1.807, 2.05) is 0 Å². The summed E-state index contributed by atoms with van der Waals surface area (Å²) < 4.78 is 50.1. The van der Waals surface area contributed by atoms with Gasteiger partial charge in [-0.15, -0.1) is 24.2 Å². The fourth-order valence-electron chi connectivity index (χ4n) is 3.55. The fourth-order valence-corrected chi connectivity index (χ4v) is 4.72. The summed E-state index contributed by atoms with van der Waals surface area (Å²) in [5.41, 5.74) is 6.59. The van der Waals surface area contributed by atoms with E-state index in [1.165, 1.54) is 16.7 Å². The largest absolute Gasteiger partial charge is 0.513 e. The Labute approximate surface area is 222 Å². The van der Waals surface area contributed by atoms with Crippen molar-refractivity contribution in [2.24, 2.45) is 5.73 Å². The zero-order valence-electron chi connectivity index (χ0n) is 19.9. The zero-order chi connectivity index (χ0) is 26.2. The molecule has 202 valence electrons. The Morgan fingerprint density at radius 1 is 1.14 bits per heavy atom. The van der Waals surface area contributed by atoms with E-state index >= 15 is 0 Å². The summed E-state index contributed by atoms with van der Waals surface area (Å²) in [6.45, 7) is 2.39. The molecule has 0 aliphatic carbocycles. The fraction of sp³-hybridized carbons (Fsp3) is 0.375. The van der Waals surface area contributed by atoms with E-state index in [4.69, 9.17) is 15.2 Å². The Balaban J connectivity index is 0.00000481. The first-order valence-electron chi connectivity index (χ1n) is 11.2. The highest BCUT2D eigenvalue weighted by Crippen LogP contribution is 2.25. The molecule has 1 aliphatic heterocycles. The van der Waals surface area contributed by atoms with Gasteiger partial charge in [0.2, 0.25) is 5.91 Å². The molecule has 37 heavy (non-hydrogen) atoms. The Hall–Kier alpha value is -2.96. The Bertz CT molecular complexity index is 1110. The second-order valence-electron chi connectivity index (χ2n) is 7.98. The van der Waals surface area contributed by atoms with Gasteiger partial charge < -0.3 is 25.4 Å². The van der Waals surface area contributed by atoms with Crippen LogP contribution in [0.3, 0.4) is 0 Å². The van der Waals surface area contributed by atoms with Crippen molar-refractivity contribution in [3.8, 4) is 5.75 Å². The number of thioether (sulfide) groups is 1. The van der Waals surface area contributed by atoms with Crippen LogP contribution in [0.1, 0.15) is 24.5 Å². The summed E-state index contributed by atoms with van der Waals surface area (Å²) in [5.74, 6) is -3.34. The highest BCUT2D eigenvalue weighted by molar-refractivity contribution is 8.00. The lowest BCUT2D eigenvalue weighted by Crippen LogP contribution is -2.46. The number of nitrogens with two attached hydrogens (primary N) is 1. The molecule has 2 aromatic rings. The maximum atomic E-state index is 13.9. The van der Waals surface area contributed by atoms with E-state index in [0.717, 1.165) is 11.6 Å². The molecule has 1 heterocycles. The van der Waals surface area contributed by atoms with Gasteiger partial charge in [0, 0.05) is 37.4 Å². The first-order valence-corrected chi connectivity index (χ1v) is 12.2. The summed E-state index contributed by atoms with van der Waals surface area (Å²) in [7, 11) is 0. The van der Waals surface area contributed by atoms with Crippen LogP contribution in [-0.2, 0) is 27.3 Å². The van der Waals surface area contributed by atoms with Crippen LogP contribution in [0, 0.1) is 17.5 Å². The smallest absolute Gasteiger partial charge is 0.434 e. The molecule has 2 aromatic carbocycles. The van der Waals surface area contributed by atoms with Gasteiger partial charge in [-0.25, -0.2) is 18.0 Å². The predicted molar refractivity (Wildman–Crippen MR) is 134 cm³/mol. The third-order valence-corrected chi connectivity index (χ3v) is 6.50. The molecule has 3 rings (SSSR count). The van der Waals surface area contributed by atoms with Crippen molar-refractivity contribution in [2.75, 3.05) is 18.9 Å². The molecule has 13 heteroatoms. The van der Waals surface area contributed by atoms with E-state index < -0.39 is 40.9 Å². The van der Waals surface area contributed by atoms with Crippen molar-refractivity contribution in [3.05, 3.63) is 65.0 Å². The van der Waals surface area contributed by atoms with Gasteiger partial charge in [-0.1, -0.05) is 12.1 Å². The summed E-state index contributed by atoms with van der Waals surface area (Å²) in [6.07, 6.45) is -1.16. The number of hydrogen-bond acceptors (Lipinski definition) is 7. The van der Waals surface area contributed by atoms with Crippen LogP contribution < -0.4 is 15.8 Å². The van der Waals surface area contributed by atoms with Crippen LogP contribution in [0.25, 0.3) is 0 Å². The number of benzene rings is 2. The predicted octanol–water partition coefficient (Wildman–Crippen LogP) is 3.54. The van der Waals surface area contributed by atoms with Crippen LogP contribution in [0.4, 0.5) is 18.0 Å². The molecule has 8 nitrogen and oxygen atoms in total. The maximum absolute atomic E-state index is 13.9. The third-order valence-electron chi connectivity index (χ3n) is 5.30. The minimum Gasteiger partial charge on any atom is -0.434 e. The second kappa shape index (κ2) is 14.1. The average Bonchev–Trinajstić information content (AvgIpc) is 3.32. The number of carbonyl (C=O) groups is 3. The molecule has 1 saturated heterocycles. The van der Waals surface area contributed by atoms with E-state index in [-0.39, 0.29) is 49.9 Å². The standard InChI is InChI=1S/C24H26F3N3O5S.ClH/c1-2-34-24(33)35-17-5-3-14(4-6-17)13-29-22(32)23-30(7-8-36-23)21(31)11-16(28)9-15-10-19(26)20(27)12-18(15)25;/h3-6,10,12,16,23H,2,7-9,11,13,28H2,1H3,(H,29,32);1H/t16-,23?;/m1./s1. The van der Waals surface area contributed by atoms with Gasteiger partial charge in [0.25, 0.3) is 5.91 Å². The second-order valence-corrected chi connectivity index (χ2v) is 9.17. The highest BCUT2D eigenvalue weighted by Gasteiger charge is 2.35. The molecule has 0 bridgehead atoms. The monoisotopic (exact) mass is 561 g/mol. The molecular weight excluding hydrogens is 535 g/mol. The molecule has 0 spiro atoms. The quantitative estimate of drug-likeness (QED) is 0.274. The van der Waals surface area contributed by atoms with E-state index in [2.05, 4.69) is 5.32 Å². The van der Waals surface area contributed by atoms with E-state index in [0.29, 0.717) is 24.1 Å².